The highest BCUT2D eigenvalue weighted by Gasteiger charge is 2.23. The van der Waals surface area contributed by atoms with Crippen LogP contribution in [-0.4, -0.2) is 16.8 Å². The van der Waals surface area contributed by atoms with E-state index in [2.05, 4.69) is 10.3 Å². The third-order valence-corrected chi connectivity index (χ3v) is 5.19. The maximum Gasteiger partial charge on any atom is 0.221 e. The fourth-order valence-corrected chi connectivity index (χ4v) is 3.93. The molecule has 1 aliphatic carbocycles. The number of aromatic nitrogens is 1. The number of aromatic amines is 1. The Bertz CT molecular complexity index is 1280. The van der Waals surface area contributed by atoms with Crippen LogP contribution in [0.15, 0.2) is 66.7 Å². The quantitative estimate of drug-likeness (QED) is 0.279. The predicted octanol–water partition coefficient (Wildman–Crippen LogP) is 5.59. The monoisotopic (exact) mass is 385 g/mol. The van der Waals surface area contributed by atoms with Gasteiger partial charge in [0.1, 0.15) is 5.75 Å². The Labute approximate surface area is 170 Å². The summed E-state index contributed by atoms with van der Waals surface area (Å²) in [6, 6.07) is 21.3. The molecule has 1 heterocycles. The molecule has 29 heavy (non-hydrogen) atoms. The van der Waals surface area contributed by atoms with E-state index in [1.807, 2.05) is 66.7 Å². The number of anilines is 1. The second-order valence-corrected chi connectivity index (χ2v) is 7.21. The van der Waals surface area contributed by atoms with Crippen LogP contribution in [-0.2, 0) is 11.2 Å². The van der Waals surface area contributed by atoms with Gasteiger partial charge in [0.15, 0.2) is 0 Å². The summed E-state index contributed by atoms with van der Waals surface area (Å²) < 4.78 is 5.66. The van der Waals surface area contributed by atoms with Gasteiger partial charge in [-0.15, -0.1) is 0 Å². The van der Waals surface area contributed by atoms with Crippen LogP contribution in [0.5, 0.6) is 5.75 Å². The number of nitrogens with one attached hydrogen (secondary N) is 3. The molecule has 0 atom stereocenters. The number of para-hydroxylation sites is 1. The number of carbonyl (C=O) groups excluding carboxylic acids is 1. The molecule has 3 N–H and O–H groups in total. The van der Waals surface area contributed by atoms with Gasteiger partial charge in [-0.25, -0.2) is 0 Å². The summed E-state index contributed by atoms with van der Waals surface area (Å²) in [7, 11) is 0. The number of benzene rings is 3. The highest BCUT2D eigenvalue weighted by molar-refractivity contribution is 6.01. The molecule has 0 spiro atoms. The predicted molar refractivity (Wildman–Crippen MR) is 119 cm³/mol. The second-order valence-electron chi connectivity index (χ2n) is 7.21. The molecule has 5 nitrogen and oxygen atoms in total. The van der Waals surface area contributed by atoms with E-state index in [9.17, 15) is 4.79 Å². The lowest BCUT2D eigenvalue weighted by Gasteiger charge is -2.08. The Morgan fingerprint density at radius 1 is 1.10 bits per heavy atom. The van der Waals surface area contributed by atoms with E-state index < -0.39 is 0 Å². The number of fused-ring (bicyclic) bond motifs is 5. The number of hydrogen-bond acceptors (Lipinski definition) is 3. The van der Waals surface area contributed by atoms with Gasteiger partial charge in [0.2, 0.25) is 11.8 Å². The van der Waals surface area contributed by atoms with E-state index in [-0.39, 0.29) is 14.7 Å². The van der Waals surface area contributed by atoms with Crippen molar-refractivity contribution in [2.24, 2.45) is 0 Å². The van der Waals surface area contributed by atoms with E-state index >= 15 is 0 Å². The number of amides is 1. The molecule has 1 aliphatic rings. The van der Waals surface area contributed by atoms with Crippen LogP contribution in [0.4, 0.5) is 5.69 Å². The van der Waals surface area contributed by atoms with Crippen LogP contribution in [0.3, 0.4) is 0 Å². The first-order valence-corrected chi connectivity index (χ1v) is 9.46. The zero-order valence-corrected chi connectivity index (χ0v) is 15.9. The fraction of sp³-hybridized carbons (Fsp3) is 0.0833. The Morgan fingerprint density at radius 3 is 2.72 bits per heavy atom. The van der Waals surface area contributed by atoms with Crippen molar-refractivity contribution in [3.05, 3.63) is 83.4 Å². The van der Waals surface area contributed by atoms with E-state index in [0.29, 0.717) is 5.75 Å². The minimum absolute atomic E-state index is 0. The summed E-state index contributed by atoms with van der Waals surface area (Å²) in [4.78, 5) is 14.8. The lowest BCUT2D eigenvalue weighted by atomic mass is 10.1. The van der Waals surface area contributed by atoms with E-state index in [1.165, 1.54) is 18.1 Å². The van der Waals surface area contributed by atoms with Crippen LogP contribution < -0.4 is 10.1 Å². The van der Waals surface area contributed by atoms with Crippen LogP contribution in [0.1, 0.15) is 26.5 Å². The van der Waals surface area contributed by atoms with Crippen LogP contribution in [0.25, 0.3) is 22.2 Å². The van der Waals surface area contributed by atoms with Crippen molar-refractivity contribution in [2.45, 2.75) is 13.3 Å². The third-order valence-electron chi connectivity index (χ3n) is 5.19. The molecule has 0 unspecified atom stereocenters. The minimum Gasteiger partial charge on any atom is -0.439 e. The summed E-state index contributed by atoms with van der Waals surface area (Å²) in [6.07, 6.45) is 0.815. The van der Waals surface area contributed by atoms with Gasteiger partial charge in [0.25, 0.3) is 0 Å². The Hall–Kier alpha value is -3.86. The molecule has 0 fully saturated rings. The van der Waals surface area contributed by atoms with Crippen molar-refractivity contribution < 1.29 is 12.4 Å². The maximum absolute atomic E-state index is 11.3. The van der Waals surface area contributed by atoms with Crippen molar-refractivity contribution in [1.82, 2.24) is 4.98 Å². The highest BCUT2D eigenvalue weighted by atomic mass is 16.5. The molecule has 0 saturated carbocycles. The molecule has 0 bridgehead atoms. The van der Waals surface area contributed by atoms with Crippen molar-refractivity contribution in [3.63, 3.8) is 0 Å². The number of rotatable bonds is 3. The van der Waals surface area contributed by atoms with Gasteiger partial charge in [-0.05, 0) is 47.5 Å². The average molecular weight is 385 g/mol. The van der Waals surface area contributed by atoms with Crippen molar-refractivity contribution in [3.8, 4) is 17.0 Å². The number of carbonyl (C=O) groups is 1. The van der Waals surface area contributed by atoms with Gasteiger partial charge in [-0.2, -0.15) is 0 Å². The van der Waals surface area contributed by atoms with Crippen LogP contribution >= 0.6 is 0 Å². The summed E-state index contributed by atoms with van der Waals surface area (Å²) >= 11 is 0. The third kappa shape index (κ3) is 3.06. The second kappa shape index (κ2) is 6.63. The summed E-state index contributed by atoms with van der Waals surface area (Å²) in [6.45, 7) is 1.51. The molecule has 4 aromatic rings. The van der Waals surface area contributed by atoms with Crippen molar-refractivity contribution >= 4 is 28.4 Å². The fourth-order valence-electron chi connectivity index (χ4n) is 3.93. The molecular formula is C24H23N3O2. The van der Waals surface area contributed by atoms with E-state index in [1.54, 1.807) is 0 Å². The maximum atomic E-state index is 11.3. The molecular weight excluding hydrogens is 362 g/mol. The lowest BCUT2D eigenvalue weighted by molar-refractivity contribution is -0.114. The van der Waals surface area contributed by atoms with Crippen LogP contribution in [0, 0.1) is 5.41 Å². The first kappa shape index (κ1) is 17.3. The smallest absolute Gasteiger partial charge is 0.221 e. The molecule has 1 amide bonds. The Morgan fingerprint density at radius 2 is 1.93 bits per heavy atom. The highest BCUT2D eigenvalue weighted by Crippen LogP contribution is 2.41. The minimum atomic E-state index is -0.0698. The number of hydrogen-bond donors (Lipinski definition) is 3. The summed E-state index contributed by atoms with van der Waals surface area (Å²) in [5.41, 5.74) is 7.24. The van der Waals surface area contributed by atoms with Crippen molar-refractivity contribution in [2.75, 3.05) is 5.32 Å². The lowest BCUT2D eigenvalue weighted by Crippen LogP contribution is -2.08. The van der Waals surface area contributed by atoms with Gasteiger partial charge >= 0.3 is 0 Å². The molecule has 5 rings (SSSR count). The molecule has 0 radical (unpaired) electrons. The SMILES string of the molecule is CC(=O)Nc1ccc2c(c1)Cc1c-2[nH]c2cc(C(=N)Oc3ccccc3)ccc12.[HH].[HH]. The van der Waals surface area contributed by atoms with Gasteiger partial charge < -0.3 is 15.0 Å². The van der Waals surface area contributed by atoms with Gasteiger partial charge in [0.05, 0.1) is 5.69 Å². The number of ether oxygens (including phenoxy) is 1. The Kier molecular flexibility index (Phi) is 3.95. The standard InChI is InChI=1S/C24H19N3O2.2H2/c1-14(28)26-17-8-10-19-16(11-17)12-21-20-9-7-15(13-22(20)27-23(19)21)24(25)29-18-5-3-2-4-6-18;;/h2-11,13,25,27H,12H2,1H3,(H,26,28);2*1H. The largest absolute Gasteiger partial charge is 0.439 e. The first-order valence-electron chi connectivity index (χ1n) is 9.46. The normalized spacial score (nSPS) is 11.8. The summed E-state index contributed by atoms with van der Waals surface area (Å²) in [5, 5.41) is 12.3. The van der Waals surface area contributed by atoms with Crippen molar-refractivity contribution in [1.29, 1.82) is 5.41 Å². The Balaban J connectivity index is 0.00000136. The van der Waals surface area contributed by atoms with Gasteiger partial charge in [-0.3, -0.25) is 10.2 Å². The van der Waals surface area contributed by atoms with E-state index in [0.717, 1.165) is 39.8 Å². The van der Waals surface area contributed by atoms with Crippen LogP contribution in [0.2, 0.25) is 0 Å². The van der Waals surface area contributed by atoms with E-state index in [4.69, 9.17) is 10.1 Å². The van der Waals surface area contributed by atoms with Gasteiger partial charge in [-0.1, -0.05) is 30.3 Å². The molecule has 5 heteroatoms. The summed E-state index contributed by atoms with van der Waals surface area (Å²) in [5.74, 6) is 0.698. The first-order chi connectivity index (χ1) is 14.1. The topological polar surface area (TPSA) is 78.0 Å². The molecule has 0 saturated heterocycles. The average Bonchev–Trinajstić information content (AvgIpc) is 3.23. The molecule has 3 aromatic carbocycles. The van der Waals surface area contributed by atoms with Gasteiger partial charge in [0, 0.05) is 43.9 Å². The molecule has 1 aromatic heterocycles. The molecule has 146 valence electrons. The zero-order valence-electron chi connectivity index (χ0n) is 15.9. The molecule has 0 aliphatic heterocycles. The number of H-pyrrole nitrogens is 1. The zero-order chi connectivity index (χ0) is 20.0.